The number of para-hydroxylation sites is 2. The largest absolute Gasteiger partial charge is 0.504 e. The number of imide groups is 1. The molecule has 1 aromatic heterocycles. The molecule has 4 aromatic carbocycles. The van der Waals surface area contributed by atoms with Crippen LogP contribution in [0.1, 0.15) is 26.3 Å². The molecule has 9 heteroatoms. The van der Waals surface area contributed by atoms with E-state index in [4.69, 9.17) is 9.47 Å². The lowest BCUT2D eigenvalue weighted by atomic mass is 10.0. The number of hydrogen-bond donors (Lipinski definition) is 2. The van der Waals surface area contributed by atoms with E-state index in [1.807, 2.05) is 30.3 Å². The molecule has 0 saturated carbocycles. The molecule has 9 nitrogen and oxygen atoms in total. The molecule has 0 unspecified atom stereocenters. The van der Waals surface area contributed by atoms with E-state index in [9.17, 15) is 24.6 Å². The van der Waals surface area contributed by atoms with Crippen LogP contribution in [-0.2, 0) is 6.61 Å². The van der Waals surface area contributed by atoms with E-state index in [2.05, 4.69) is 0 Å². The van der Waals surface area contributed by atoms with Crippen LogP contribution in [0.5, 0.6) is 23.0 Å². The van der Waals surface area contributed by atoms with Crippen molar-refractivity contribution in [3.63, 3.8) is 0 Å². The van der Waals surface area contributed by atoms with Crippen LogP contribution in [0.4, 0.5) is 4.79 Å². The molecule has 1 aliphatic rings. The zero-order valence-corrected chi connectivity index (χ0v) is 20.0. The summed E-state index contributed by atoms with van der Waals surface area (Å²) in [7, 11) is 1.35. The number of aromatic nitrogens is 1. The quantitative estimate of drug-likeness (QED) is 0.296. The number of phenolic OH excluding ortho intramolecular Hbond substituents is 1. The summed E-state index contributed by atoms with van der Waals surface area (Å²) >= 11 is 0. The van der Waals surface area contributed by atoms with E-state index in [0.717, 1.165) is 15.0 Å². The molecule has 1 aliphatic heterocycles. The van der Waals surface area contributed by atoms with Crippen LogP contribution in [0.15, 0.2) is 78.9 Å². The Hall–Kier alpha value is -5.31. The number of aromatic hydroxyl groups is 1. The summed E-state index contributed by atoms with van der Waals surface area (Å²) in [6, 6.07) is 22.1. The van der Waals surface area contributed by atoms with Gasteiger partial charge in [-0.05, 0) is 29.8 Å². The zero-order valence-electron chi connectivity index (χ0n) is 20.0. The van der Waals surface area contributed by atoms with Gasteiger partial charge in [-0.1, -0.05) is 42.5 Å². The van der Waals surface area contributed by atoms with Gasteiger partial charge in [0.25, 0.3) is 11.8 Å². The molecule has 2 N–H and O–H groups in total. The highest BCUT2D eigenvalue weighted by atomic mass is 16.5. The number of fused-ring (bicyclic) bond motifs is 5. The van der Waals surface area contributed by atoms with E-state index >= 15 is 0 Å². The predicted octanol–water partition coefficient (Wildman–Crippen LogP) is 5.62. The Morgan fingerprint density at radius 3 is 2.29 bits per heavy atom. The SMILES string of the molecule is CN1C(=O)c2c(Oc3ccccc3O)cc3c(c2C1=O)c1ccc(OCc2ccccc2)cc1n3C(=O)O. The van der Waals surface area contributed by atoms with Crippen molar-refractivity contribution in [2.75, 3.05) is 7.05 Å². The average molecular weight is 508 g/mol. The molecule has 0 saturated heterocycles. The van der Waals surface area contributed by atoms with Gasteiger partial charge in [-0.25, -0.2) is 9.36 Å². The Morgan fingerprint density at radius 2 is 1.55 bits per heavy atom. The first kappa shape index (κ1) is 23.1. The summed E-state index contributed by atoms with van der Waals surface area (Å²) in [4.78, 5) is 39.8. The number of benzene rings is 4. The standard InChI is InChI=1S/C29H20N2O7/c1-30-27(33)25-23(38-22-10-6-5-9-21(22)32)14-20-24(26(25)28(30)34)18-12-11-17(13-19(18)31(20)29(35)36)37-15-16-7-3-2-4-8-16/h2-14,32H,15H2,1H3,(H,35,36). The molecule has 0 radical (unpaired) electrons. The molecule has 2 heterocycles. The minimum Gasteiger partial charge on any atom is -0.504 e. The third kappa shape index (κ3) is 3.52. The molecule has 0 fully saturated rings. The monoisotopic (exact) mass is 508 g/mol. The van der Waals surface area contributed by atoms with E-state index in [-0.39, 0.29) is 46.0 Å². The van der Waals surface area contributed by atoms with E-state index in [1.54, 1.807) is 30.3 Å². The Balaban J connectivity index is 1.58. The summed E-state index contributed by atoms with van der Waals surface area (Å²) in [5.74, 6) is -0.886. The summed E-state index contributed by atoms with van der Waals surface area (Å²) in [5, 5.41) is 21.2. The van der Waals surface area contributed by atoms with Crippen molar-refractivity contribution in [2.24, 2.45) is 0 Å². The minimum atomic E-state index is -1.29. The molecule has 5 aromatic rings. The van der Waals surface area contributed by atoms with Crippen LogP contribution in [0.3, 0.4) is 0 Å². The fourth-order valence-electron chi connectivity index (χ4n) is 4.76. The van der Waals surface area contributed by atoms with Gasteiger partial charge in [0.05, 0.1) is 22.2 Å². The molecule has 2 amide bonds. The number of carbonyl (C=O) groups is 3. The van der Waals surface area contributed by atoms with Crippen LogP contribution in [0.2, 0.25) is 0 Å². The van der Waals surface area contributed by atoms with Crippen LogP contribution in [0.25, 0.3) is 21.8 Å². The maximum Gasteiger partial charge on any atom is 0.416 e. The first-order chi connectivity index (χ1) is 18.3. The third-order valence-electron chi connectivity index (χ3n) is 6.55. The second-order valence-corrected chi connectivity index (χ2v) is 8.83. The van der Waals surface area contributed by atoms with Crippen LogP contribution < -0.4 is 9.47 Å². The number of hydrogen-bond acceptors (Lipinski definition) is 6. The van der Waals surface area contributed by atoms with Gasteiger partial charge in [-0.15, -0.1) is 0 Å². The minimum absolute atomic E-state index is 0.00194. The normalized spacial score (nSPS) is 12.8. The van der Waals surface area contributed by atoms with Crippen LogP contribution in [0, 0.1) is 0 Å². The lowest BCUT2D eigenvalue weighted by Gasteiger charge is -2.11. The molecule has 6 rings (SSSR count). The van der Waals surface area contributed by atoms with Crippen molar-refractivity contribution in [2.45, 2.75) is 6.61 Å². The van der Waals surface area contributed by atoms with Gasteiger partial charge in [0.2, 0.25) is 0 Å². The Morgan fingerprint density at radius 1 is 0.842 bits per heavy atom. The number of phenols is 1. The predicted molar refractivity (Wildman–Crippen MR) is 138 cm³/mol. The van der Waals surface area contributed by atoms with Gasteiger partial charge in [0.15, 0.2) is 11.5 Å². The molecule has 0 atom stereocenters. The summed E-state index contributed by atoms with van der Waals surface area (Å²) < 4.78 is 12.8. The lowest BCUT2D eigenvalue weighted by molar-refractivity contribution is 0.0693. The van der Waals surface area contributed by atoms with Crippen molar-refractivity contribution < 1.29 is 34.1 Å². The van der Waals surface area contributed by atoms with Crippen molar-refractivity contribution in [3.8, 4) is 23.0 Å². The van der Waals surface area contributed by atoms with Gasteiger partial charge >= 0.3 is 6.09 Å². The Bertz CT molecular complexity index is 1790. The summed E-state index contributed by atoms with van der Waals surface area (Å²) in [5.41, 5.74) is 1.44. The first-order valence-corrected chi connectivity index (χ1v) is 11.7. The lowest BCUT2D eigenvalue weighted by Crippen LogP contribution is -2.24. The van der Waals surface area contributed by atoms with E-state index < -0.39 is 17.9 Å². The smallest absolute Gasteiger partial charge is 0.416 e. The highest BCUT2D eigenvalue weighted by molar-refractivity contribution is 6.31. The number of amides is 2. The van der Waals surface area contributed by atoms with Crippen LogP contribution in [-0.4, -0.2) is 44.6 Å². The number of nitrogens with zero attached hydrogens (tertiary/aromatic N) is 2. The first-order valence-electron chi connectivity index (χ1n) is 11.7. The number of carbonyl (C=O) groups excluding carboxylic acids is 2. The number of rotatable bonds is 5. The zero-order chi connectivity index (χ0) is 26.6. The van der Waals surface area contributed by atoms with E-state index in [1.165, 1.54) is 25.2 Å². The van der Waals surface area contributed by atoms with Crippen molar-refractivity contribution in [1.82, 2.24) is 9.47 Å². The Labute approximate surface area is 215 Å². The Kier molecular flexibility index (Phi) is 5.27. The second kappa shape index (κ2) is 8.67. The highest BCUT2D eigenvalue weighted by Gasteiger charge is 2.40. The molecule has 0 aliphatic carbocycles. The van der Waals surface area contributed by atoms with Gasteiger partial charge in [0, 0.05) is 30.0 Å². The molecular weight excluding hydrogens is 488 g/mol. The van der Waals surface area contributed by atoms with E-state index in [0.29, 0.717) is 16.5 Å². The highest BCUT2D eigenvalue weighted by Crippen LogP contribution is 2.44. The molecule has 0 bridgehead atoms. The molecule has 188 valence electrons. The maximum absolute atomic E-state index is 13.3. The second-order valence-electron chi connectivity index (χ2n) is 8.83. The fraction of sp³-hybridized carbons (Fsp3) is 0.0690. The number of carboxylic acid groups (broad SMARTS) is 1. The van der Waals surface area contributed by atoms with Gasteiger partial charge < -0.3 is 19.7 Å². The number of ether oxygens (including phenoxy) is 2. The summed E-state index contributed by atoms with van der Waals surface area (Å²) in [6.07, 6.45) is -1.29. The maximum atomic E-state index is 13.3. The van der Waals surface area contributed by atoms with Crippen molar-refractivity contribution >= 4 is 39.7 Å². The fourth-order valence-corrected chi connectivity index (χ4v) is 4.76. The molecule has 0 spiro atoms. The van der Waals surface area contributed by atoms with Gasteiger partial charge in [0.1, 0.15) is 18.1 Å². The summed E-state index contributed by atoms with van der Waals surface area (Å²) in [6.45, 7) is 0.283. The molecular formula is C29H20N2O7. The van der Waals surface area contributed by atoms with Crippen molar-refractivity contribution in [3.05, 3.63) is 95.6 Å². The average Bonchev–Trinajstić information content (AvgIpc) is 3.36. The van der Waals surface area contributed by atoms with Crippen molar-refractivity contribution in [1.29, 1.82) is 0 Å². The molecule has 38 heavy (non-hydrogen) atoms. The van der Waals surface area contributed by atoms with Gasteiger partial charge in [-0.3, -0.25) is 14.5 Å². The van der Waals surface area contributed by atoms with Gasteiger partial charge in [-0.2, -0.15) is 0 Å². The third-order valence-corrected chi connectivity index (χ3v) is 6.55. The topological polar surface area (TPSA) is 118 Å². The van der Waals surface area contributed by atoms with Crippen LogP contribution >= 0.6 is 0 Å².